The fourth-order valence-corrected chi connectivity index (χ4v) is 3.05. The molecule has 4 heteroatoms. The number of allylic oxidation sites excluding steroid dienone is 2. The zero-order chi connectivity index (χ0) is 16.5. The number of rotatable bonds is 8. The number of anilines is 1. The van der Waals surface area contributed by atoms with Crippen molar-refractivity contribution in [2.75, 3.05) is 31.5 Å². The van der Waals surface area contributed by atoms with Crippen molar-refractivity contribution < 1.29 is 0 Å². The smallest absolute Gasteiger partial charge is 0.0465 e. The molecular formula is C19H28ClN3. The van der Waals surface area contributed by atoms with Gasteiger partial charge in [-0.05, 0) is 70.5 Å². The lowest BCUT2D eigenvalue weighted by molar-refractivity contribution is 0.225. The SMILES string of the molecule is C=C(Cl)/C=C\c1c(NCCCCN2CCCCC2)ccnc1C. The average molecular weight is 334 g/mol. The summed E-state index contributed by atoms with van der Waals surface area (Å²) in [4.78, 5) is 6.95. The van der Waals surface area contributed by atoms with Crippen LogP contribution < -0.4 is 5.32 Å². The van der Waals surface area contributed by atoms with Gasteiger partial charge in [-0.15, -0.1) is 0 Å². The Labute approximate surface area is 145 Å². The number of aryl methyl sites for hydroxylation is 1. The van der Waals surface area contributed by atoms with E-state index in [9.17, 15) is 0 Å². The Bertz CT molecular complexity index is 533. The van der Waals surface area contributed by atoms with Crippen molar-refractivity contribution in [1.29, 1.82) is 0 Å². The highest BCUT2D eigenvalue weighted by Crippen LogP contribution is 2.20. The minimum absolute atomic E-state index is 0.528. The number of hydrogen-bond donors (Lipinski definition) is 1. The summed E-state index contributed by atoms with van der Waals surface area (Å²) in [5.41, 5.74) is 3.20. The Balaban J connectivity index is 1.78. The third-order valence-corrected chi connectivity index (χ3v) is 4.41. The van der Waals surface area contributed by atoms with Gasteiger partial charge in [0.25, 0.3) is 0 Å². The van der Waals surface area contributed by atoms with E-state index in [4.69, 9.17) is 11.6 Å². The summed E-state index contributed by atoms with van der Waals surface area (Å²) < 4.78 is 0. The molecule has 0 atom stereocenters. The van der Waals surface area contributed by atoms with Gasteiger partial charge >= 0.3 is 0 Å². The van der Waals surface area contributed by atoms with E-state index in [2.05, 4.69) is 21.8 Å². The van der Waals surface area contributed by atoms with Gasteiger partial charge in [-0.3, -0.25) is 4.98 Å². The van der Waals surface area contributed by atoms with E-state index in [-0.39, 0.29) is 0 Å². The maximum atomic E-state index is 5.83. The summed E-state index contributed by atoms with van der Waals surface area (Å²) in [5, 5.41) is 4.06. The summed E-state index contributed by atoms with van der Waals surface area (Å²) in [7, 11) is 0. The molecule has 0 aromatic carbocycles. The van der Waals surface area contributed by atoms with Crippen LogP contribution in [0.15, 0.2) is 30.0 Å². The molecule has 1 saturated heterocycles. The fourth-order valence-electron chi connectivity index (χ4n) is 2.98. The van der Waals surface area contributed by atoms with Crippen molar-refractivity contribution in [3.8, 4) is 0 Å². The molecule has 1 aliphatic rings. The van der Waals surface area contributed by atoms with Crippen LogP contribution >= 0.6 is 11.6 Å². The molecule has 23 heavy (non-hydrogen) atoms. The third kappa shape index (κ3) is 6.36. The van der Waals surface area contributed by atoms with Crippen LogP contribution in [-0.4, -0.2) is 36.1 Å². The second-order valence-corrected chi connectivity index (χ2v) is 6.66. The van der Waals surface area contributed by atoms with E-state index < -0.39 is 0 Å². The number of pyridine rings is 1. The predicted octanol–water partition coefficient (Wildman–Crippen LogP) is 4.83. The zero-order valence-corrected chi connectivity index (χ0v) is 14.9. The molecule has 1 fully saturated rings. The third-order valence-electron chi connectivity index (χ3n) is 4.29. The summed E-state index contributed by atoms with van der Waals surface area (Å²) in [6.45, 7) is 10.5. The standard InChI is InChI=1S/C19H28ClN3/c1-16(20)8-9-18-17(2)21-12-10-19(18)22-11-4-7-15-23-13-5-3-6-14-23/h8-10,12H,1,3-7,11,13-15H2,2H3,(H,21,22)/b9-8-. The number of nitrogens with zero attached hydrogens (tertiary/aromatic N) is 2. The normalized spacial score (nSPS) is 15.9. The number of nitrogens with one attached hydrogen (secondary N) is 1. The Hall–Kier alpha value is -1.32. The van der Waals surface area contributed by atoms with Crippen molar-refractivity contribution in [2.45, 2.75) is 39.0 Å². The van der Waals surface area contributed by atoms with Crippen molar-refractivity contribution in [2.24, 2.45) is 0 Å². The molecule has 1 aromatic rings. The van der Waals surface area contributed by atoms with Crippen LogP contribution in [0.5, 0.6) is 0 Å². The Morgan fingerprint density at radius 1 is 1.35 bits per heavy atom. The second-order valence-electron chi connectivity index (χ2n) is 6.17. The number of piperidine rings is 1. The highest BCUT2D eigenvalue weighted by Gasteiger charge is 2.09. The van der Waals surface area contributed by atoms with Gasteiger partial charge in [-0.1, -0.05) is 24.6 Å². The number of likely N-dealkylation sites (tertiary alicyclic amines) is 1. The molecule has 1 N–H and O–H groups in total. The summed E-state index contributed by atoms with van der Waals surface area (Å²) >= 11 is 5.83. The van der Waals surface area contributed by atoms with Crippen molar-refractivity contribution >= 4 is 23.4 Å². The van der Waals surface area contributed by atoms with Crippen LogP contribution in [0, 0.1) is 6.92 Å². The highest BCUT2D eigenvalue weighted by atomic mass is 35.5. The first-order chi connectivity index (χ1) is 11.2. The molecule has 0 spiro atoms. The largest absolute Gasteiger partial charge is 0.384 e. The molecule has 0 amide bonds. The van der Waals surface area contributed by atoms with E-state index in [1.54, 1.807) is 0 Å². The van der Waals surface area contributed by atoms with E-state index in [1.165, 1.54) is 51.7 Å². The Morgan fingerprint density at radius 3 is 2.87 bits per heavy atom. The maximum Gasteiger partial charge on any atom is 0.0465 e. The monoisotopic (exact) mass is 333 g/mol. The van der Waals surface area contributed by atoms with Gasteiger partial charge in [0.15, 0.2) is 0 Å². The van der Waals surface area contributed by atoms with Gasteiger partial charge in [0.05, 0.1) is 0 Å². The molecule has 3 nitrogen and oxygen atoms in total. The number of unbranched alkanes of at least 4 members (excludes halogenated alkanes) is 1. The quantitative estimate of drug-likeness (QED) is 0.545. The van der Waals surface area contributed by atoms with Gasteiger partial charge in [0, 0.05) is 34.7 Å². The van der Waals surface area contributed by atoms with Crippen molar-refractivity contribution in [3.05, 3.63) is 41.2 Å². The highest BCUT2D eigenvalue weighted by molar-refractivity contribution is 6.31. The minimum atomic E-state index is 0.528. The Kier molecular flexibility index (Phi) is 7.63. The predicted molar refractivity (Wildman–Crippen MR) is 101 cm³/mol. The Morgan fingerprint density at radius 2 is 2.13 bits per heavy atom. The summed E-state index contributed by atoms with van der Waals surface area (Å²) in [6.07, 6.45) is 12.2. The first-order valence-corrected chi connectivity index (χ1v) is 8.99. The first kappa shape index (κ1) is 18.0. The fraction of sp³-hybridized carbons (Fsp3) is 0.526. The molecule has 126 valence electrons. The lowest BCUT2D eigenvalue weighted by Gasteiger charge is -2.26. The van der Waals surface area contributed by atoms with E-state index in [1.807, 2.05) is 31.3 Å². The molecule has 1 aliphatic heterocycles. The molecule has 0 saturated carbocycles. The summed E-state index contributed by atoms with van der Waals surface area (Å²) in [6, 6.07) is 2.02. The van der Waals surface area contributed by atoms with Gasteiger partial charge in [0.2, 0.25) is 0 Å². The summed E-state index contributed by atoms with van der Waals surface area (Å²) in [5.74, 6) is 0. The average Bonchev–Trinajstić information content (AvgIpc) is 2.54. The van der Waals surface area contributed by atoms with Gasteiger partial charge < -0.3 is 10.2 Å². The maximum absolute atomic E-state index is 5.83. The number of hydrogen-bond acceptors (Lipinski definition) is 3. The topological polar surface area (TPSA) is 28.2 Å². The molecule has 0 radical (unpaired) electrons. The lowest BCUT2D eigenvalue weighted by atomic mass is 10.1. The van der Waals surface area contributed by atoms with E-state index in [0.717, 1.165) is 23.5 Å². The molecule has 2 rings (SSSR count). The molecular weight excluding hydrogens is 306 g/mol. The van der Waals surface area contributed by atoms with E-state index >= 15 is 0 Å². The van der Waals surface area contributed by atoms with Crippen molar-refractivity contribution in [3.63, 3.8) is 0 Å². The van der Waals surface area contributed by atoms with Crippen LogP contribution in [0.3, 0.4) is 0 Å². The molecule has 1 aromatic heterocycles. The zero-order valence-electron chi connectivity index (χ0n) is 14.2. The lowest BCUT2D eigenvalue weighted by Crippen LogP contribution is -2.30. The second kappa shape index (κ2) is 9.74. The molecule has 0 bridgehead atoms. The van der Waals surface area contributed by atoms with Crippen LogP contribution in [0.1, 0.15) is 43.4 Å². The van der Waals surface area contributed by atoms with E-state index in [0.29, 0.717) is 5.03 Å². The van der Waals surface area contributed by atoms with Crippen molar-refractivity contribution in [1.82, 2.24) is 9.88 Å². The van der Waals surface area contributed by atoms with Crippen LogP contribution in [0.2, 0.25) is 0 Å². The number of halogens is 1. The molecule has 2 heterocycles. The van der Waals surface area contributed by atoms with Crippen LogP contribution in [-0.2, 0) is 0 Å². The first-order valence-electron chi connectivity index (χ1n) is 8.61. The minimum Gasteiger partial charge on any atom is -0.384 e. The van der Waals surface area contributed by atoms with Crippen LogP contribution in [0.4, 0.5) is 5.69 Å². The number of aromatic nitrogens is 1. The van der Waals surface area contributed by atoms with Crippen LogP contribution in [0.25, 0.3) is 6.08 Å². The molecule has 0 aliphatic carbocycles. The van der Waals surface area contributed by atoms with Gasteiger partial charge in [-0.25, -0.2) is 0 Å². The molecule has 0 unspecified atom stereocenters. The van der Waals surface area contributed by atoms with Gasteiger partial charge in [0.1, 0.15) is 0 Å². The van der Waals surface area contributed by atoms with Gasteiger partial charge in [-0.2, -0.15) is 0 Å².